The molecule has 5 aromatic rings. The van der Waals surface area contributed by atoms with Crippen LogP contribution in [-0.4, -0.2) is 4.57 Å². The van der Waals surface area contributed by atoms with E-state index >= 15 is 0 Å². The summed E-state index contributed by atoms with van der Waals surface area (Å²) in [4.78, 5) is 20.1. The van der Waals surface area contributed by atoms with Crippen LogP contribution in [0.2, 0.25) is 0 Å². The van der Waals surface area contributed by atoms with Gasteiger partial charge in [0.1, 0.15) is 12.4 Å². The minimum absolute atomic E-state index is 0.0278. The number of fused-ring (bicyclic) bond motifs is 3. The Morgan fingerprint density at radius 1 is 0.976 bits per heavy atom. The van der Waals surface area contributed by atoms with E-state index in [2.05, 4.69) is 122 Å². The van der Waals surface area contributed by atoms with Gasteiger partial charge in [-0.3, -0.25) is 9.36 Å². The standard InChI is InChI=1S/C34H23BrI2N2O2S/c35-24-13-10-22(11-14-24)31-27-15-12-21-8-4-5-9-26(21)30(27)38-34-39(31)33(40)29(42-34)17-23-16-25(36)18-28(37)32(23)41-19-20-6-2-1-3-7-20/h1-11,13-14,16-18,31H,12,15,19H2/b29-17+/t31-/m0/s1. The van der Waals surface area contributed by atoms with Gasteiger partial charge in [0.05, 0.1) is 19.8 Å². The SMILES string of the molecule is O=c1/c(=C\c2cc(I)cc(I)c2OCc2ccccc2)sc2n1[C@@H](c1ccc(Br)cc1)C1=C(N=2)c2ccccc2CC1. The number of rotatable bonds is 5. The van der Waals surface area contributed by atoms with E-state index in [4.69, 9.17) is 9.73 Å². The molecule has 0 N–H and O–H groups in total. The quantitative estimate of drug-likeness (QED) is 0.169. The Kier molecular flexibility index (Phi) is 7.97. The minimum atomic E-state index is -0.204. The fourth-order valence-electron chi connectivity index (χ4n) is 5.68. The van der Waals surface area contributed by atoms with E-state index in [1.807, 2.05) is 41.0 Å². The van der Waals surface area contributed by atoms with E-state index in [0.717, 1.165) is 57.4 Å². The molecule has 1 aliphatic carbocycles. The first-order valence-corrected chi connectivity index (χ1v) is 17.3. The zero-order valence-electron chi connectivity index (χ0n) is 22.2. The highest BCUT2D eigenvalue weighted by molar-refractivity contribution is 14.1. The number of hydrogen-bond acceptors (Lipinski definition) is 4. The van der Waals surface area contributed by atoms with Gasteiger partial charge < -0.3 is 4.74 Å². The third-order valence-electron chi connectivity index (χ3n) is 7.61. The smallest absolute Gasteiger partial charge is 0.271 e. The highest BCUT2D eigenvalue weighted by atomic mass is 127. The molecule has 7 rings (SSSR count). The lowest BCUT2D eigenvalue weighted by molar-refractivity contribution is 0.303. The molecule has 208 valence electrons. The van der Waals surface area contributed by atoms with Crippen molar-refractivity contribution in [1.29, 1.82) is 0 Å². The molecule has 2 aliphatic rings. The van der Waals surface area contributed by atoms with Gasteiger partial charge in [0, 0.05) is 19.2 Å². The number of aryl methyl sites for hydroxylation is 1. The summed E-state index contributed by atoms with van der Waals surface area (Å²) in [5.74, 6) is 0.781. The minimum Gasteiger partial charge on any atom is -0.487 e. The summed E-state index contributed by atoms with van der Waals surface area (Å²) in [6.45, 7) is 0.454. The Morgan fingerprint density at radius 3 is 2.55 bits per heavy atom. The van der Waals surface area contributed by atoms with Crippen LogP contribution in [0.1, 0.15) is 40.3 Å². The van der Waals surface area contributed by atoms with Crippen molar-refractivity contribution < 1.29 is 4.74 Å². The molecule has 1 aromatic heterocycles. The maximum absolute atomic E-state index is 14.3. The number of halogens is 3. The zero-order chi connectivity index (χ0) is 28.8. The maximum Gasteiger partial charge on any atom is 0.271 e. The number of ether oxygens (including phenoxy) is 1. The Balaban J connectivity index is 1.40. The molecule has 8 heteroatoms. The van der Waals surface area contributed by atoms with Crippen LogP contribution in [0.25, 0.3) is 11.8 Å². The van der Waals surface area contributed by atoms with E-state index in [1.165, 1.54) is 28.0 Å². The van der Waals surface area contributed by atoms with Crippen LogP contribution in [0.15, 0.2) is 111 Å². The first kappa shape index (κ1) is 28.2. The number of benzene rings is 4. The lowest BCUT2D eigenvalue weighted by Crippen LogP contribution is -2.38. The van der Waals surface area contributed by atoms with Crippen molar-refractivity contribution in [2.45, 2.75) is 25.5 Å². The van der Waals surface area contributed by atoms with E-state index in [9.17, 15) is 4.79 Å². The van der Waals surface area contributed by atoms with E-state index < -0.39 is 0 Å². The largest absolute Gasteiger partial charge is 0.487 e. The van der Waals surface area contributed by atoms with Gasteiger partial charge in [-0.1, -0.05) is 94.0 Å². The van der Waals surface area contributed by atoms with Gasteiger partial charge in [-0.05, 0) is 111 Å². The van der Waals surface area contributed by atoms with Crippen molar-refractivity contribution in [1.82, 2.24) is 4.57 Å². The maximum atomic E-state index is 14.3. The van der Waals surface area contributed by atoms with Gasteiger partial charge >= 0.3 is 0 Å². The summed E-state index contributed by atoms with van der Waals surface area (Å²) in [6, 6.07) is 30.9. The Bertz CT molecular complexity index is 2050. The third kappa shape index (κ3) is 5.35. The summed E-state index contributed by atoms with van der Waals surface area (Å²) in [5.41, 5.74) is 7.73. The first-order chi connectivity index (χ1) is 20.5. The zero-order valence-corrected chi connectivity index (χ0v) is 28.9. The average molecular weight is 857 g/mol. The number of aromatic nitrogens is 1. The summed E-state index contributed by atoms with van der Waals surface area (Å²) < 4.78 is 12.0. The van der Waals surface area contributed by atoms with Crippen molar-refractivity contribution in [2.24, 2.45) is 4.99 Å². The van der Waals surface area contributed by atoms with Crippen molar-refractivity contribution in [3.8, 4) is 5.75 Å². The van der Waals surface area contributed by atoms with Crippen LogP contribution in [0, 0.1) is 7.14 Å². The fraction of sp³-hybridized carbons (Fsp3) is 0.118. The molecule has 4 aromatic carbocycles. The molecule has 2 heterocycles. The second-order valence-electron chi connectivity index (χ2n) is 10.2. The summed E-state index contributed by atoms with van der Waals surface area (Å²) in [6.07, 6.45) is 3.78. The van der Waals surface area contributed by atoms with Crippen LogP contribution in [0.3, 0.4) is 0 Å². The molecule has 0 spiro atoms. The Hall–Kier alpha value is -2.54. The average Bonchev–Trinajstić information content (AvgIpc) is 3.30. The summed E-state index contributed by atoms with van der Waals surface area (Å²) >= 11 is 9.67. The van der Waals surface area contributed by atoms with E-state index in [0.29, 0.717) is 11.1 Å². The normalized spacial score (nSPS) is 16.0. The lowest BCUT2D eigenvalue weighted by atomic mass is 9.83. The van der Waals surface area contributed by atoms with Crippen molar-refractivity contribution >= 4 is 84.2 Å². The molecule has 0 fully saturated rings. The molecule has 42 heavy (non-hydrogen) atoms. The molecule has 1 aliphatic heterocycles. The van der Waals surface area contributed by atoms with Gasteiger partial charge in [0.2, 0.25) is 0 Å². The molecule has 0 saturated carbocycles. The summed E-state index contributed by atoms with van der Waals surface area (Å²) in [7, 11) is 0. The second-order valence-corrected chi connectivity index (χ2v) is 14.6. The fourth-order valence-corrected chi connectivity index (χ4v) is 8.98. The van der Waals surface area contributed by atoms with Crippen molar-refractivity contribution in [3.05, 3.63) is 156 Å². The number of thiazole rings is 1. The van der Waals surface area contributed by atoms with Crippen molar-refractivity contribution in [3.63, 3.8) is 0 Å². The van der Waals surface area contributed by atoms with Crippen LogP contribution in [0.5, 0.6) is 5.75 Å². The molecule has 0 amide bonds. The van der Waals surface area contributed by atoms with Crippen LogP contribution in [0.4, 0.5) is 0 Å². The predicted octanol–water partition coefficient (Wildman–Crippen LogP) is 7.87. The van der Waals surface area contributed by atoms with E-state index in [-0.39, 0.29) is 11.6 Å². The molecular formula is C34H23BrI2N2O2S. The monoisotopic (exact) mass is 856 g/mol. The topological polar surface area (TPSA) is 43.6 Å². The van der Waals surface area contributed by atoms with Gasteiger partial charge in [-0.2, -0.15) is 0 Å². The molecule has 1 atom stereocenters. The highest BCUT2D eigenvalue weighted by Gasteiger charge is 2.32. The molecule has 0 unspecified atom stereocenters. The van der Waals surface area contributed by atoms with Crippen LogP contribution >= 0.6 is 72.4 Å². The van der Waals surface area contributed by atoms with Gasteiger partial charge in [0.15, 0.2) is 4.80 Å². The van der Waals surface area contributed by atoms with E-state index in [1.54, 1.807) is 0 Å². The molecular weight excluding hydrogens is 834 g/mol. The molecule has 0 radical (unpaired) electrons. The molecule has 0 saturated heterocycles. The number of nitrogens with zero attached hydrogens (tertiary/aromatic N) is 2. The first-order valence-electron chi connectivity index (χ1n) is 13.5. The second kappa shape index (κ2) is 11.9. The van der Waals surface area contributed by atoms with Gasteiger partial charge in [0.25, 0.3) is 5.56 Å². The van der Waals surface area contributed by atoms with Gasteiger partial charge in [-0.15, -0.1) is 0 Å². The van der Waals surface area contributed by atoms with Gasteiger partial charge in [-0.25, -0.2) is 4.99 Å². The van der Waals surface area contributed by atoms with Crippen LogP contribution < -0.4 is 19.6 Å². The van der Waals surface area contributed by atoms with Crippen LogP contribution in [-0.2, 0) is 13.0 Å². The Labute approximate surface area is 282 Å². The molecule has 0 bridgehead atoms. The Morgan fingerprint density at radius 2 is 1.74 bits per heavy atom. The third-order valence-corrected chi connectivity index (χ3v) is 10.5. The number of hydrogen-bond donors (Lipinski definition) is 0. The van der Waals surface area contributed by atoms with Crippen molar-refractivity contribution in [2.75, 3.05) is 0 Å². The number of allylic oxidation sites excluding steroid dienone is 1. The predicted molar refractivity (Wildman–Crippen MR) is 190 cm³/mol. The highest BCUT2D eigenvalue weighted by Crippen LogP contribution is 2.41. The molecule has 4 nitrogen and oxygen atoms in total. The summed E-state index contributed by atoms with van der Waals surface area (Å²) in [5, 5.41) is 0. The lowest BCUT2D eigenvalue weighted by Gasteiger charge is -2.30.